The Bertz CT molecular complexity index is 2000. The third-order valence-electron chi connectivity index (χ3n) is 19.0. The van der Waals surface area contributed by atoms with Gasteiger partial charge in [0.25, 0.3) is 0 Å². The number of allylic oxidation sites excluding steroid dienone is 15. The molecule has 9 N–H and O–H groups in total. The number of amides is 1. The van der Waals surface area contributed by atoms with Crippen molar-refractivity contribution in [1.29, 1.82) is 0 Å². The van der Waals surface area contributed by atoms with Crippen LogP contribution in [0.1, 0.15) is 328 Å². The molecule has 2 heterocycles. The van der Waals surface area contributed by atoms with Crippen molar-refractivity contribution in [1.82, 2.24) is 5.32 Å². The zero-order chi connectivity index (χ0) is 70.1. The number of aliphatic hydroxyl groups excluding tert-OH is 8. The Labute approximate surface area is 592 Å². The topological polar surface area (TPSA) is 228 Å². The SMILES string of the molecule is CC/C=C\C/C=C\C/C=C\C/C=C\C/C=C\C/C=C\C/C=C\CCCCCCCCCCCCCCCCCC(=O)NC(COC1OC(CO)C(OC2OC(CO)C(O)C(O)C2O)C(O)C1O)C(O)/C=C/CCCCCCCCCCCCCCCCCCCCCCCCCC. The fourth-order valence-electron chi connectivity index (χ4n) is 12.7. The summed E-state index contributed by atoms with van der Waals surface area (Å²) in [6.45, 7) is 2.73. The van der Waals surface area contributed by atoms with Gasteiger partial charge in [0, 0.05) is 6.42 Å². The molecule has 14 heteroatoms. The Balaban J connectivity index is 1.62. The number of hydrogen-bond donors (Lipinski definition) is 9. The highest BCUT2D eigenvalue weighted by Crippen LogP contribution is 2.30. The smallest absolute Gasteiger partial charge is 0.220 e. The van der Waals surface area contributed by atoms with Crippen LogP contribution < -0.4 is 5.32 Å². The van der Waals surface area contributed by atoms with E-state index in [0.717, 1.165) is 83.5 Å². The van der Waals surface area contributed by atoms with Crippen LogP contribution in [0.5, 0.6) is 0 Å². The van der Waals surface area contributed by atoms with Gasteiger partial charge >= 0.3 is 0 Å². The number of hydrogen-bond acceptors (Lipinski definition) is 13. The van der Waals surface area contributed by atoms with E-state index in [-0.39, 0.29) is 18.9 Å². The highest BCUT2D eigenvalue weighted by atomic mass is 16.7. The maximum Gasteiger partial charge on any atom is 0.220 e. The number of aliphatic hydroxyl groups is 8. The molecule has 0 bridgehead atoms. The third kappa shape index (κ3) is 49.2. The quantitative estimate of drug-likeness (QED) is 0.0204. The summed E-state index contributed by atoms with van der Waals surface area (Å²) in [7, 11) is 0. The van der Waals surface area contributed by atoms with Crippen molar-refractivity contribution in [2.24, 2.45) is 0 Å². The first-order chi connectivity index (χ1) is 47.6. The van der Waals surface area contributed by atoms with Crippen LogP contribution in [0.25, 0.3) is 0 Å². The lowest BCUT2D eigenvalue weighted by atomic mass is 9.97. The molecule has 0 aromatic carbocycles. The number of carbonyl (C=O) groups excluding carboxylic acids is 1. The second kappa shape index (κ2) is 66.2. The number of nitrogens with one attached hydrogen (secondary N) is 1. The van der Waals surface area contributed by atoms with Crippen molar-refractivity contribution in [2.45, 2.75) is 402 Å². The lowest BCUT2D eigenvalue weighted by Gasteiger charge is -2.46. The van der Waals surface area contributed by atoms with Crippen LogP contribution in [0.3, 0.4) is 0 Å². The standard InChI is InChI=1S/C83H147NO13/c1-3-5-7-9-11-13-15-17-19-21-23-25-27-29-31-32-33-34-35-36-37-38-39-40-41-43-45-47-49-51-53-55-57-59-61-63-65-67-75(88)84-71(70-94-82-80(93)78(91)81(74(69-86)96-82)97-83-79(92)77(90)76(89)73(68-85)95-83)72(87)66-64-62-60-58-56-54-52-50-48-46-44-42-30-28-26-24-22-20-18-16-14-12-10-8-6-4-2/h5,7,11,13,17,19,23,25,29,31,33-34,36-37,64,66,71-74,76-83,85-87,89-93H,3-4,6,8-10,12,14-16,18,20-22,24,26-28,30,32,35,38-63,65,67-70H2,1-2H3,(H,84,88)/b7-5-,13-11-,19-17-,25-23-,31-29-,34-33-,37-36-,66-64+. The van der Waals surface area contributed by atoms with Crippen LogP contribution in [-0.2, 0) is 23.7 Å². The lowest BCUT2D eigenvalue weighted by molar-refractivity contribution is -0.359. The summed E-state index contributed by atoms with van der Waals surface area (Å²) in [4.78, 5) is 13.4. The Morgan fingerprint density at radius 2 is 0.711 bits per heavy atom. The summed E-state index contributed by atoms with van der Waals surface area (Å²) in [5.41, 5.74) is 0. The summed E-state index contributed by atoms with van der Waals surface area (Å²) in [6, 6.07) is -0.921. The molecule has 12 atom stereocenters. The molecule has 1 amide bonds. The molecule has 12 unspecified atom stereocenters. The molecule has 2 rings (SSSR count). The van der Waals surface area contributed by atoms with E-state index in [2.05, 4.69) is 104 Å². The Kier molecular flexibility index (Phi) is 61.4. The highest BCUT2D eigenvalue weighted by Gasteiger charge is 2.51. The Hall–Kier alpha value is -3.09. The van der Waals surface area contributed by atoms with Gasteiger partial charge in [-0.05, 0) is 77.0 Å². The molecule has 0 saturated carbocycles. The van der Waals surface area contributed by atoms with Crippen LogP contribution in [0.4, 0.5) is 0 Å². The molecule has 14 nitrogen and oxygen atoms in total. The molecule has 0 radical (unpaired) electrons. The number of rotatable bonds is 66. The van der Waals surface area contributed by atoms with Gasteiger partial charge in [-0.25, -0.2) is 0 Å². The number of carbonyl (C=O) groups is 1. The van der Waals surface area contributed by atoms with Gasteiger partial charge in [0.05, 0.1) is 32.0 Å². The van der Waals surface area contributed by atoms with E-state index in [4.69, 9.17) is 18.9 Å². The minimum Gasteiger partial charge on any atom is -0.394 e. The van der Waals surface area contributed by atoms with Crippen LogP contribution in [0.15, 0.2) is 97.2 Å². The molecule has 2 saturated heterocycles. The minimum atomic E-state index is -1.79. The van der Waals surface area contributed by atoms with Gasteiger partial charge < -0.3 is 65.1 Å². The predicted octanol–water partition coefficient (Wildman–Crippen LogP) is 18.1. The molecular formula is C83H147NO13. The van der Waals surface area contributed by atoms with Crippen molar-refractivity contribution < 1.29 is 64.6 Å². The molecule has 97 heavy (non-hydrogen) atoms. The normalized spacial score (nSPS) is 22.7. The van der Waals surface area contributed by atoms with Gasteiger partial charge in [0.1, 0.15) is 48.8 Å². The average Bonchev–Trinajstić information content (AvgIpc) is 0.794. The Morgan fingerprint density at radius 1 is 0.381 bits per heavy atom. The minimum absolute atomic E-state index is 0.238. The van der Waals surface area contributed by atoms with Crippen LogP contribution in [0, 0.1) is 0 Å². The molecule has 0 aromatic rings. The fraction of sp³-hybridized carbons (Fsp3) is 0.795. The summed E-state index contributed by atoms with van der Waals surface area (Å²) in [5, 5.41) is 87.7. The fourth-order valence-corrected chi connectivity index (χ4v) is 12.7. The lowest BCUT2D eigenvalue weighted by Crippen LogP contribution is -2.65. The van der Waals surface area contributed by atoms with Gasteiger partial charge in [-0.2, -0.15) is 0 Å². The molecular weight excluding hydrogens is 1220 g/mol. The van der Waals surface area contributed by atoms with Gasteiger partial charge in [-0.15, -0.1) is 0 Å². The summed E-state index contributed by atoms with van der Waals surface area (Å²) >= 11 is 0. The maximum absolute atomic E-state index is 13.4. The molecule has 562 valence electrons. The van der Waals surface area contributed by atoms with E-state index in [1.54, 1.807) is 6.08 Å². The van der Waals surface area contributed by atoms with Crippen molar-refractivity contribution >= 4 is 5.91 Å². The monoisotopic (exact) mass is 1370 g/mol. The first-order valence-corrected chi connectivity index (χ1v) is 40.0. The second-order valence-corrected chi connectivity index (χ2v) is 27.8. The maximum atomic E-state index is 13.4. The molecule has 2 aliphatic heterocycles. The van der Waals surface area contributed by atoms with E-state index in [1.165, 1.54) is 218 Å². The molecule has 0 aliphatic carbocycles. The summed E-state index contributed by atoms with van der Waals surface area (Å²) in [6.07, 6.45) is 77.6. The van der Waals surface area contributed by atoms with Gasteiger partial charge in [-0.1, -0.05) is 342 Å². The van der Waals surface area contributed by atoms with E-state index < -0.39 is 86.8 Å². The van der Waals surface area contributed by atoms with E-state index >= 15 is 0 Å². The van der Waals surface area contributed by atoms with Crippen molar-refractivity contribution in [2.75, 3.05) is 19.8 Å². The van der Waals surface area contributed by atoms with Crippen LogP contribution in [0.2, 0.25) is 0 Å². The van der Waals surface area contributed by atoms with E-state index in [1.807, 2.05) is 6.08 Å². The molecule has 0 aromatic heterocycles. The van der Waals surface area contributed by atoms with Gasteiger partial charge in [0.2, 0.25) is 5.91 Å². The second-order valence-electron chi connectivity index (χ2n) is 27.8. The molecule has 2 fully saturated rings. The first kappa shape index (κ1) is 90.0. The van der Waals surface area contributed by atoms with Gasteiger partial charge in [0.15, 0.2) is 12.6 Å². The first-order valence-electron chi connectivity index (χ1n) is 40.0. The van der Waals surface area contributed by atoms with Gasteiger partial charge in [-0.3, -0.25) is 4.79 Å². The zero-order valence-electron chi connectivity index (χ0n) is 61.6. The Morgan fingerprint density at radius 3 is 1.09 bits per heavy atom. The van der Waals surface area contributed by atoms with Crippen molar-refractivity contribution in [3.63, 3.8) is 0 Å². The van der Waals surface area contributed by atoms with Crippen molar-refractivity contribution in [3.8, 4) is 0 Å². The van der Waals surface area contributed by atoms with Crippen molar-refractivity contribution in [3.05, 3.63) is 97.2 Å². The number of unbranched alkanes of at least 4 members (excludes halogenated alkanes) is 39. The predicted molar refractivity (Wildman–Crippen MR) is 401 cm³/mol. The summed E-state index contributed by atoms with van der Waals surface area (Å²) in [5.74, 6) is -0.238. The van der Waals surface area contributed by atoms with Crippen LogP contribution >= 0.6 is 0 Å². The molecule has 0 spiro atoms. The van der Waals surface area contributed by atoms with E-state index in [0.29, 0.717) is 6.42 Å². The number of ether oxygens (including phenoxy) is 4. The van der Waals surface area contributed by atoms with E-state index in [9.17, 15) is 45.6 Å². The largest absolute Gasteiger partial charge is 0.394 e. The third-order valence-corrected chi connectivity index (χ3v) is 19.0. The summed E-state index contributed by atoms with van der Waals surface area (Å²) < 4.78 is 22.9. The van der Waals surface area contributed by atoms with Crippen LogP contribution in [-0.4, -0.2) is 140 Å². The zero-order valence-corrected chi connectivity index (χ0v) is 61.6. The highest BCUT2D eigenvalue weighted by molar-refractivity contribution is 5.76. The molecule has 2 aliphatic rings. The average molecular weight is 1370 g/mol.